The average Bonchev–Trinajstić information content (AvgIpc) is 0.918. The Labute approximate surface area is 692 Å². The van der Waals surface area contributed by atoms with Gasteiger partial charge in [-0.1, -0.05) is 119 Å². The zero-order valence-electron chi connectivity index (χ0n) is 69.9. The second-order valence-electron chi connectivity index (χ2n) is 28.6. The average molecular weight is 1800 g/mol. The maximum atomic E-state index is 10.6. The number of nitrogens with zero attached hydrogens (tertiary/aromatic N) is 6. The fourth-order valence-electron chi connectivity index (χ4n) is 5.74. The van der Waals surface area contributed by atoms with Crippen LogP contribution in [-0.4, -0.2) is 166 Å². The molecule has 104 heavy (non-hydrogen) atoms. The van der Waals surface area contributed by atoms with Gasteiger partial charge in [0.15, 0.2) is 0 Å². The SMILES string of the molecule is C1CCOC1.CC(C)(C)c1c[c-]c(C=NCc2ccccn2)cc1.CC(C)(C)c1c[c-]c(C=NCc2ccccn2)cc1.CC(C)(C)c1c[c-]c(C[N-]Cc2ccccn2)cc1.CCC.C[PH+](C)C.C[PH+](C)C.C[PH+](C)C.C[PH+](C)C.C[PH+](C)C.C[PH+](C)C.O=[S-](=O)C(F)(F)F.[CH3-].[CH3-].[CH3-].[Fe+2].[Fe+3].[Fe+3].[O]=[Ag]. The fraction of sp³-hybridized carbons (Fsp3) is 0.525. The molecule has 2 radical (unpaired) electrons. The van der Waals surface area contributed by atoms with Crippen LogP contribution in [0.5, 0.6) is 0 Å². The number of rotatable bonds is 10. The molecular weight excluding hydrogens is 1660 g/mol. The van der Waals surface area contributed by atoms with Crippen LogP contribution in [0.3, 0.4) is 0 Å². The van der Waals surface area contributed by atoms with E-state index in [2.05, 4.69) is 287 Å². The molecule has 0 N–H and O–H groups in total. The van der Waals surface area contributed by atoms with Gasteiger partial charge in [0.05, 0.1) is 24.5 Å². The Bertz CT molecular complexity index is 2680. The van der Waals surface area contributed by atoms with Crippen LogP contribution in [-0.2, 0) is 142 Å². The van der Waals surface area contributed by atoms with Crippen molar-refractivity contribution in [2.75, 3.05) is 133 Å². The molecule has 1 saturated heterocycles. The van der Waals surface area contributed by atoms with Gasteiger partial charge in [0.2, 0.25) is 0 Å². The Morgan fingerprint density at radius 2 is 0.731 bits per heavy atom. The second-order valence-corrected chi connectivity index (χ2v) is 47.5. The molecule has 0 saturated carbocycles. The van der Waals surface area contributed by atoms with E-state index in [4.69, 9.17) is 16.4 Å². The van der Waals surface area contributed by atoms with Gasteiger partial charge in [0.1, 0.15) is 0 Å². The molecule has 10 nitrogen and oxygen atoms in total. The number of aliphatic imine (C=N–C) groups is 2. The Hall–Kier alpha value is -1.21. The summed E-state index contributed by atoms with van der Waals surface area (Å²) in [6.07, 6.45) is 12.9. The summed E-state index contributed by atoms with van der Waals surface area (Å²) in [4.78, 5) is 21.5. The molecule has 0 spiro atoms. The molecule has 0 aliphatic carbocycles. The minimum atomic E-state index is -5.08. The quantitative estimate of drug-likeness (QED) is 0.0438. The fourth-order valence-corrected chi connectivity index (χ4v) is 5.74. The molecule has 0 atom stereocenters. The molecule has 1 aliphatic heterocycles. The van der Waals surface area contributed by atoms with Crippen molar-refractivity contribution < 1.29 is 102 Å². The van der Waals surface area contributed by atoms with Crippen LogP contribution in [0, 0.1) is 40.5 Å². The molecule has 603 valence electrons. The summed E-state index contributed by atoms with van der Waals surface area (Å²) in [6.45, 7) is 69.5. The van der Waals surface area contributed by atoms with Gasteiger partial charge in [-0.25, -0.2) is 0 Å². The molecule has 1 aliphatic rings. The van der Waals surface area contributed by atoms with Crippen LogP contribution in [0.4, 0.5) is 13.2 Å². The minimum absolute atomic E-state index is 0. The first-order valence-electron chi connectivity index (χ1n) is 33.3. The topological polar surface area (TPSA) is 138 Å². The van der Waals surface area contributed by atoms with E-state index in [0.29, 0.717) is 26.2 Å². The van der Waals surface area contributed by atoms with Crippen LogP contribution in [0.25, 0.3) is 5.32 Å². The van der Waals surface area contributed by atoms with Crippen molar-refractivity contribution in [2.24, 2.45) is 9.98 Å². The molecular formula is C80H143AgF3Fe3N6O4P6S+6. The molecule has 4 heterocycles. The number of pyridine rings is 3. The predicted octanol–water partition coefficient (Wildman–Crippen LogP) is 22.6. The number of hydrogen-bond acceptors (Lipinski definition) is 10. The summed E-state index contributed by atoms with van der Waals surface area (Å²) >= 11 is 1.70. The van der Waals surface area contributed by atoms with Gasteiger partial charge in [0, 0.05) is 168 Å². The van der Waals surface area contributed by atoms with Crippen LogP contribution >= 0.6 is 47.5 Å². The number of ether oxygens (including phenoxy) is 1. The van der Waals surface area contributed by atoms with Gasteiger partial charge in [-0.15, -0.1) is 83.9 Å². The number of aromatic nitrogens is 3. The van der Waals surface area contributed by atoms with Gasteiger partial charge in [0.25, 0.3) is 0 Å². The van der Waals surface area contributed by atoms with Gasteiger partial charge in [-0.3, -0.25) is 15.0 Å². The monoisotopic (exact) mass is 1800 g/mol. The molecule has 24 heteroatoms. The van der Waals surface area contributed by atoms with E-state index in [1.54, 1.807) is 39.6 Å². The molecule has 3 aromatic carbocycles. The van der Waals surface area contributed by atoms with Crippen molar-refractivity contribution in [3.8, 4) is 0 Å². The molecule has 0 amide bonds. The van der Waals surface area contributed by atoms with Crippen molar-refractivity contribution in [3.05, 3.63) is 224 Å². The molecule has 0 bridgehead atoms. The third kappa shape index (κ3) is 101. The zero-order chi connectivity index (χ0) is 76.9. The summed E-state index contributed by atoms with van der Waals surface area (Å²) in [6, 6.07) is 46.3. The summed E-state index contributed by atoms with van der Waals surface area (Å²) in [7, 11) is -3.21. The predicted molar refractivity (Wildman–Crippen MR) is 465 cm³/mol. The van der Waals surface area contributed by atoms with Crippen LogP contribution < -0.4 is 0 Å². The van der Waals surface area contributed by atoms with Crippen molar-refractivity contribution in [1.82, 2.24) is 15.0 Å². The van der Waals surface area contributed by atoms with E-state index >= 15 is 0 Å². The van der Waals surface area contributed by atoms with Crippen molar-refractivity contribution in [3.63, 3.8) is 0 Å². The van der Waals surface area contributed by atoms with Crippen LogP contribution in [0.2, 0.25) is 0 Å². The third-order valence-electron chi connectivity index (χ3n) is 9.87. The molecule has 3 aromatic heterocycles. The summed E-state index contributed by atoms with van der Waals surface area (Å²) in [5.74, 6) is 0. The van der Waals surface area contributed by atoms with E-state index in [9.17, 15) is 13.2 Å². The van der Waals surface area contributed by atoms with Gasteiger partial charge < -0.3 is 50.7 Å². The number of alkyl halides is 3. The summed E-state index contributed by atoms with van der Waals surface area (Å²) in [5, 5.41) is 4.51. The number of benzene rings is 3. The first kappa shape index (κ1) is 129. The van der Waals surface area contributed by atoms with Gasteiger partial charge in [-0.2, -0.15) is 48.6 Å². The van der Waals surface area contributed by atoms with Crippen LogP contribution in [0.1, 0.15) is 146 Å². The van der Waals surface area contributed by atoms with Crippen molar-refractivity contribution in [2.45, 2.75) is 143 Å². The third-order valence-corrected chi connectivity index (χ3v) is 10.2. The normalized spacial score (nSPS) is 10.8. The molecule has 0 unspecified atom stereocenters. The molecule has 7 rings (SSSR count). The number of hydrogen-bond donors (Lipinski definition) is 0. The van der Waals surface area contributed by atoms with E-state index < -0.39 is 16.2 Å². The summed E-state index contributed by atoms with van der Waals surface area (Å²) < 4.78 is 62.5. The Morgan fingerprint density at radius 1 is 0.471 bits per heavy atom. The van der Waals surface area contributed by atoms with Gasteiger partial charge in [-0.05, 0) is 108 Å². The second kappa shape index (κ2) is 81.3. The van der Waals surface area contributed by atoms with E-state index in [-0.39, 0.29) is 137 Å². The Kier molecular flexibility index (Phi) is 101. The zero-order valence-corrected chi connectivity index (χ0v) is 81.5. The standard InChI is InChI=1S/C17H20N2.2C17H19N2.C4H8O.6C3H9P.C3H8.CF3O2S.3CH3.Ag.3Fe.O/c3*1-17(2,3)15-9-7-14(8-10-15)12-18-13-16-6-4-5-11-19-16;1-2-4-5-3-1;6*1-4(2)3;1-3-2;2-1(3,4)7(5)6;;;;;;;;/h4-7,9-11H,12-13H2,1-3H3;2*4-7,9-12H,13H2,1-3H3;1-4H2;6*1-3H3;3H2,1-2H3;;3*1H3;;;;;/q-2;2*-1;;;;;;;;;4*-1;;+2;2*+3;/p+6. The maximum absolute atomic E-state index is 10.6. The van der Waals surface area contributed by atoms with Crippen LogP contribution in [0.15, 0.2) is 138 Å². The van der Waals surface area contributed by atoms with E-state index in [0.717, 1.165) is 47.0 Å². The Morgan fingerprint density at radius 3 is 0.923 bits per heavy atom. The van der Waals surface area contributed by atoms with E-state index in [1.165, 1.54) is 36.0 Å². The van der Waals surface area contributed by atoms with E-state index in [1.807, 2.05) is 79.2 Å². The number of halogens is 3. The van der Waals surface area contributed by atoms with Crippen molar-refractivity contribution in [1.29, 1.82) is 0 Å². The van der Waals surface area contributed by atoms with Gasteiger partial charge >= 0.3 is 81.0 Å². The first-order chi connectivity index (χ1) is 45.4. The Balaban J connectivity index is -0.0000000946. The van der Waals surface area contributed by atoms with Crippen molar-refractivity contribution >= 4 is 70.7 Å². The molecule has 1 fully saturated rings. The first-order valence-corrected chi connectivity index (χ1v) is 52.9. The summed E-state index contributed by atoms with van der Waals surface area (Å²) in [5.41, 5.74) is 5.41. The molecule has 6 aromatic rings.